The molecule has 0 saturated heterocycles. The van der Waals surface area contributed by atoms with E-state index in [4.69, 9.17) is 4.42 Å². The summed E-state index contributed by atoms with van der Waals surface area (Å²) < 4.78 is 4.85. The molecule has 0 spiro atoms. The Labute approximate surface area is 76.5 Å². The third-order valence-electron chi connectivity index (χ3n) is 1.53. The first-order chi connectivity index (χ1) is 6.33. The number of hydrogen-bond acceptors (Lipinski definition) is 4. The maximum Gasteiger partial charge on any atom is 0.226 e. The number of amides is 1. The van der Waals surface area contributed by atoms with Gasteiger partial charge in [-0.05, 0) is 20.0 Å². The van der Waals surface area contributed by atoms with Gasteiger partial charge in [0.15, 0.2) is 6.39 Å². The number of hydrogen-bond donors (Lipinski definition) is 2. The van der Waals surface area contributed by atoms with Crippen LogP contribution in [0.3, 0.4) is 0 Å². The number of carbonyl (C=O) groups is 1. The lowest BCUT2D eigenvalue weighted by atomic mass is 10.3. The van der Waals surface area contributed by atoms with Crippen molar-refractivity contribution in [2.24, 2.45) is 0 Å². The van der Waals surface area contributed by atoms with Gasteiger partial charge in [-0.3, -0.25) is 10.1 Å². The highest BCUT2D eigenvalue weighted by atomic mass is 16.4. The zero-order chi connectivity index (χ0) is 9.52. The minimum absolute atomic E-state index is 0.0491. The highest BCUT2D eigenvalue weighted by molar-refractivity contribution is 5.89. The Morgan fingerprint density at radius 1 is 1.69 bits per heavy atom. The second-order valence-corrected chi connectivity index (χ2v) is 2.62. The summed E-state index contributed by atoms with van der Waals surface area (Å²) in [7, 11) is 1.86. The van der Waals surface area contributed by atoms with E-state index < -0.39 is 0 Å². The van der Waals surface area contributed by atoms with Crippen LogP contribution < -0.4 is 10.6 Å². The van der Waals surface area contributed by atoms with Gasteiger partial charge in [0, 0.05) is 6.42 Å². The Kier molecular flexibility index (Phi) is 3.98. The fraction of sp³-hybridized carbons (Fsp3) is 0.500. The van der Waals surface area contributed by atoms with Crippen LogP contribution in [0.15, 0.2) is 17.0 Å². The summed E-state index contributed by atoms with van der Waals surface area (Å²) >= 11 is 0. The van der Waals surface area contributed by atoms with Crippen LogP contribution >= 0.6 is 0 Å². The third-order valence-corrected chi connectivity index (χ3v) is 1.53. The summed E-state index contributed by atoms with van der Waals surface area (Å²) in [5, 5.41) is 5.55. The molecule has 0 saturated carbocycles. The molecule has 72 valence electrons. The Hall–Kier alpha value is -1.36. The maximum absolute atomic E-state index is 11.2. The van der Waals surface area contributed by atoms with Crippen molar-refractivity contribution in [1.82, 2.24) is 10.3 Å². The molecule has 0 bridgehead atoms. The summed E-state index contributed by atoms with van der Waals surface area (Å²) in [4.78, 5) is 14.8. The van der Waals surface area contributed by atoms with E-state index in [1.807, 2.05) is 7.05 Å². The van der Waals surface area contributed by atoms with Crippen molar-refractivity contribution in [2.45, 2.75) is 12.8 Å². The topological polar surface area (TPSA) is 67.2 Å². The normalized spacial score (nSPS) is 9.92. The van der Waals surface area contributed by atoms with Crippen molar-refractivity contribution in [3.8, 4) is 0 Å². The van der Waals surface area contributed by atoms with E-state index in [1.165, 1.54) is 12.6 Å². The number of oxazole rings is 1. The van der Waals surface area contributed by atoms with Gasteiger partial charge in [-0.1, -0.05) is 0 Å². The molecule has 1 rings (SSSR count). The van der Waals surface area contributed by atoms with Crippen LogP contribution in [0.1, 0.15) is 12.8 Å². The van der Waals surface area contributed by atoms with Crippen molar-refractivity contribution in [2.75, 3.05) is 18.9 Å². The van der Waals surface area contributed by atoms with Gasteiger partial charge < -0.3 is 9.73 Å². The van der Waals surface area contributed by atoms with Crippen molar-refractivity contribution in [1.29, 1.82) is 0 Å². The first-order valence-corrected chi connectivity index (χ1v) is 4.16. The van der Waals surface area contributed by atoms with E-state index in [2.05, 4.69) is 15.6 Å². The molecule has 0 aromatic carbocycles. The van der Waals surface area contributed by atoms with Gasteiger partial charge >= 0.3 is 0 Å². The Bertz CT molecular complexity index is 246. The van der Waals surface area contributed by atoms with Crippen LogP contribution in [0, 0.1) is 0 Å². The molecule has 13 heavy (non-hydrogen) atoms. The van der Waals surface area contributed by atoms with E-state index in [-0.39, 0.29) is 5.91 Å². The predicted molar refractivity (Wildman–Crippen MR) is 48.3 cm³/mol. The Morgan fingerprint density at radius 2 is 2.54 bits per heavy atom. The molecular weight excluding hydrogens is 170 g/mol. The van der Waals surface area contributed by atoms with Crippen molar-refractivity contribution >= 4 is 11.8 Å². The van der Waals surface area contributed by atoms with Crippen molar-refractivity contribution in [3.63, 3.8) is 0 Å². The SMILES string of the molecule is CNCCCC(=O)Nc1cnco1. The lowest BCUT2D eigenvalue weighted by molar-refractivity contribution is -0.116. The highest BCUT2D eigenvalue weighted by Gasteiger charge is 2.02. The van der Waals surface area contributed by atoms with Gasteiger partial charge in [-0.25, -0.2) is 4.98 Å². The molecular formula is C8H13N3O2. The molecule has 1 heterocycles. The lowest BCUT2D eigenvalue weighted by Crippen LogP contribution is -2.14. The summed E-state index contributed by atoms with van der Waals surface area (Å²) in [6.07, 6.45) is 4.05. The number of nitrogens with zero attached hydrogens (tertiary/aromatic N) is 1. The Morgan fingerprint density at radius 3 is 3.15 bits per heavy atom. The van der Waals surface area contributed by atoms with Gasteiger partial charge in [-0.2, -0.15) is 0 Å². The van der Waals surface area contributed by atoms with Crippen LogP contribution in [-0.2, 0) is 4.79 Å². The number of nitrogens with one attached hydrogen (secondary N) is 2. The number of carbonyl (C=O) groups excluding carboxylic acids is 1. The quantitative estimate of drug-likeness (QED) is 0.656. The molecule has 0 aliphatic carbocycles. The first-order valence-electron chi connectivity index (χ1n) is 4.16. The van der Waals surface area contributed by atoms with Gasteiger partial charge in [-0.15, -0.1) is 0 Å². The minimum atomic E-state index is -0.0491. The predicted octanol–water partition coefficient (Wildman–Crippen LogP) is 0.613. The largest absolute Gasteiger partial charge is 0.428 e. The molecule has 0 atom stereocenters. The van der Waals surface area contributed by atoms with Gasteiger partial charge in [0.05, 0.1) is 6.20 Å². The van der Waals surface area contributed by atoms with Gasteiger partial charge in [0.1, 0.15) is 0 Å². The maximum atomic E-state index is 11.2. The van der Waals surface area contributed by atoms with Crippen LogP contribution in [0.25, 0.3) is 0 Å². The molecule has 2 N–H and O–H groups in total. The zero-order valence-corrected chi connectivity index (χ0v) is 7.54. The molecule has 0 radical (unpaired) electrons. The van der Waals surface area contributed by atoms with E-state index in [0.29, 0.717) is 12.3 Å². The number of anilines is 1. The van der Waals surface area contributed by atoms with Crippen molar-refractivity contribution in [3.05, 3.63) is 12.6 Å². The minimum Gasteiger partial charge on any atom is -0.428 e. The second-order valence-electron chi connectivity index (χ2n) is 2.62. The number of aromatic nitrogens is 1. The molecule has 1 aromatic heterocycles. The molecule has 5 nitrogen and oxygen atoms in total. The summed E-state index contributed by atoms with van der Waals surface area (Å²) in [6, 6.07) is 0. The average molecular weight is 183 g/mol. The van der Waals surface area contributed by atoms with E-state index in [0.717, 1.165) is 13.0 Å². The lowest BCUT2D eigenvalue weighted by Gasteiger charge is -2.00. The second kappa shape index (κ2) is 5.31. The van der Waals surface area contributed by atoms with Gasteiger partial charge in [0.2, 0.25) is 11.8 Å². The molecule has 5 heteroatoms. The van der Waals surface area contributed by atoms with Gasteiger partial charge in [0.25, 0.3) is 0 Å². The smallest absolute Gasteiger partial charge is 0.226 e. The van der Waals surface area contributed by atoms with E-state index in [1.54, 1.807) is 0 Å². The standard InChI is InChI=1S/C8H13N3O2/c1-9-4-2-3-7(12)11-8-5-10-6-13-8/h5-6,9H,2-4H2,1H3,(H,11,12). The van der Waals surface area contributed by atoms with E-state index in [9.17, 15) is 4.79 Å². The monoisotopic (exact) mass is 183 g/mol. The molecule has 0 aliphatic heterocycles. The number of rotatable bonds is 5. The van der Waals surface area contributed by atoms with Crippen molar-refractivity contribution < 1.29 is 9.21 Å². The van der Waals surface area contributed by atoms with Crippen LogP contribution in [-0.4, -0.2) is 24.5 Å². The highest BCUT2D eigenvalue weighted by Crippen LogP contribution is 2.04. The Balaban J connectivity index is 2.18. The fourth-order valence-corrected chi connectivity index (χ4v) is 0.903. The van der Waals surface area contributed by atoms with Crippen LogP contribution in [0.4, 0.5) is 5.88 Å². The summed E-state index contributed by atoms with van der Waals surface area (Å²) in [6.45, 7) is 0.837. The molecule has 1 amide bonds. The molecule has 0 aliphatic rings. The molecule has 0 unspecified atom stereocenters. The molecule has 1 aromatic rings. The summed E-state index contributed by atoms with van der Waals surface area (Å²) in [5.41, 5.74) is 0. The van der Waals surface area contributed by atoms with Crippen LogP contribution in [0.2, 0.25) is 0 Å². The molecule has 0 fully saturated rings. The van der Waals surface area contributed by atoms with E-state index >= 15 is 0 Å². The average Bonchev–Trinajstić information content (AvgIpc) is 2.57. The van der Waals surface area contributed by atoms with Crippen LogP contribution in [0.5, 0.6) is 0 Å². The third kappa shape index (κ3) is 3.71. The fourth-order valence-electron chi connectivity index (χ4n) is 0.903. The zero-order valence-electron chi connectivity index (χ0n) is 7.54. The first kappa shape index (κ1) is 9.73. The summed E-state index contributed by atoms with van der Waals surface area (Å²) in [5.74, 6) is 0.349.